The number of aliphatic carboxylic acids is 1. The molecule has 0 radical (unpaired) electrons. The van der Waals surface area contributed by atoms with Crippen molar-refractivity contribution in [1.29, 1.82) is 0 Å². The van der Waals surface area contributed by atoms with Crippen LogP contribution < -0.4 is 0 Å². The van der Waals surface area contributed by atoms with Gasteiger partial charge in [0.15, 0.2) is 6.29 Å². The van der Waals surface area contributed by atoms with Crippen LogP contribution in [0.25, 0.3) is 0 Å². The molecule has 10 heteroatoms. The Kier molecular flexibility index (Phi) is 16.8. The molecule has 1 saturated heterocycles. The van der Waals surface area contributed by atoms with E-state index in [1.54, 1.807) is 0 Å². The average molecular weight is 624 g/mol. The molecule has 1 aliphatic carbocycles. The van der Waals surface area contributed by atoms with Crippen LogP contribution in [-0.2, 0) is 28.6 Å². The topological polar surface area (TPSA) is 99.1 Å². The summed E-state index contributed by atoms with van der Waals surface area (Å²) in [5.74, 6) is -2.42. The van der Waals surface area contributed by atoms with Gasteiger partial charge in [0.2, 0.25) is 0 Å². The van der Waals surface area contributed by atoms with Crippen molar-refractivity contribution < 1.29 is 33.7 Å². The van der Waals surface area contributed by atoms with E-state index in [4.69, 9.17) is 54.1 Å². The average Bonchev–Trinajstić information content (AvgIpc) is 3.21. The van der Waals surface area contributed by atoms with Crippen molar-refractivity contribution in [2.75, 3.05) is 13.2 Å². The van der Waals surface area contributed by atoms with Crippen molar-refractivity contribution in [2.45, 2.75) is 113 Å². The molecule has 2 fully saturated rings. The minimum Gasteiger partial charge on any atom is -0.481 e. The van der Waals surface area contributed by atoms with E-state index < -0.39 is 15.7 Å². The summed E-state index contributed by atoms with van der Waals surface area (Å²) < 4.78 is 15.3. The van der Waals surface area contributed by atoms with Crippen LogP contribution >= 0.6 is 34.8 Å². The van der Waals surface area contributed by atoms with Gasteiger partial charge in [-0.05, 0) is 50.9 Å². The molecule has 228 valence electrons. The minimum absolute atomic E-state index is 0.0272. The van der Waals surface area contributed by atoms with Gasteiger partial charge in [-0.1, -0.05) is 98.1 Å². The number of carbonyl (C=O) groups is 3. The third-order valence-electron chi connectivity index (χ3n) is 7.47. The van der Waals surface area contributed by atoms with E-state index in [9.17, 15) is 14.4 Å². The molecule has 0 amide bonds. The third-order valence-corrected chi connectivity index (χ3v) is 7.93. The lowest BCUT2D eigenvalue weighted by molar-refractivity contribution is -0.179. The van der Waals surface area contributed by atoms with E-state index in [1.165, 1.54) is 19.3 Å². The SMILES string of the molecule is CCCCCCCC(/C=C/[C@H]1[C@H](COC(=O)C(Cl)(Cl)Cl)CC(=O)[C@@H]1C/C=C\CCCC(=O)O)OC1CCCCO1. The molecule has 2 unspecified atom stereocenters. The quantitative estimate of drug-likeness (QED) is 0.0721. The Morgan fingerprint density at radius 1 is 1.12 bits per heavy atom. The highest BCUT2D eigenvalue weighted by Gasteiger charge is 2.42. The molecule has 0 aromatic heterocycles. The van der Waals surface area contributed by atoms with E-state index in [1.807, 2.05) is 24.3 Å². The first-order valence-corrected chi connectivity index (χ1v) is 15.8. The second kappa shape index (κ2) is 19.1. The van der Waals surface area contributed by atoms with E-state index in [2.05, 4.69) is 6.92 Å². The molecule has 1 heterocycles. The van der Waals surface area contributed by atoms with Crippen LogP contribution in [0.1, 0.15) is 96.8 Å². The van der Waals surface area contributed by atoms with Gasteiger partial charge in [0.1, 0.15) is 5.78 Å². The zero-order chi connectivity index (χ0) is 29.4. The fourth-order valence-electron chi connectivity index (χ4n) is 5.26. The molecule has 0 aromatic carbocycles. The summed E-state index contributed by atoms with van der Waals surface area (Å²) >= 11 is 17.0. The van der Waals surface area contributed by atoms with Crippen LogP contribution in [0, 0.1) is 17.8 Å². The zero-order valence-electron chi connectivity index (χ0n) is 23.5. The summed E-state index contributed by atoms with van der Waals surface area (Å²) in [6.07, 6.45) is 19.3. The number of carbonyl (C=O) groups excluding carboxylic acids is 2. The van der Waals surface area contributed by atoms with Crippen molar-refractivity contribution in [2.24, 2.45) is 17.8 Å². The number of esters is 1. The standard InChI is InChI=1S/C30H45Cl3O7/c1-2-3-4-5-8-13-23(40-28-16-11-12-19-38-28)17-18-24-22(21-39-29(37)30(31,32)33)20-26(34)25(24)14-9-6-7-10-15-27(35)36/h6,9,17-18,22-25,28H,2-5,7-8,10-16,19-21H2,1H3,(H,35,36)/b9-6-,18-17+/t22-,23?,24-,25+,28?/m0/s1. The van der Waals surface area contributed by atoms with Crippen LogP contribution in [0.5, 0.6) is 0 Å². The molecule has 2 rings (SSSR count). The maximum atomic E-state index is 13.1. The molecular weight excluding hydrogens is 579 g/mol. The van der Waals surface area contributed by atoms with E-state index in [-0.39, 0.29) is 55.4 Å². The van der Waals surface area contributed by atoms with E-state index >= 15 is 0 Å². The Morgan fingerprint density at radius 3 is 2.58 bits per heavy atom. The summed E-state index contributed by atoms with van der Waals surface area (Å²) in [5, 5.41) is 8.83. The summed E-state index contributed by atoms with van der Waals surface area (Å²) in [7, 11) is 0. The molecule has 0 aromatic rings. The normalized spacial score (nSPS) is 24.6. The number of halogens is 3. The highest BCUT2D eigenvalue weighted by molar-refractivity contribution is 6.75. The summed E-state index contributed by atoms with van der Waals surface area (Å²) in [6.45, 7) is 2.87. The Bertz CT molecular complexity index is 834. The third kappa shape index (κ3) is 13.7. The van der Waals surface area contributed by atoms with Gasteiger partial charge in [-0.3, -0.25) is 9.59 Å². The van der Waals surface area contributed by atoms with Crippen LogP contribution in [0.2, 0.25) is 0 Å². The van der Waals surface area contributed by atoms with Gasteiger partial charge in [0, 0.05) is 31.3 Å². The van der Waals surface area contributed by atoms with Crippen molar-refractivity contribution >= 4 is 52.5 Å². The van der Waals surface area contributed by atoms with Crippen LogP contribution in [0.3, 0.4) is 0 Å². The van der Waals surface area contributed by atoms with Gasteiger partial charge in [-0.15, -0.1) is 0 Å². The molecule has 1 saturated carbocycles. The number of carboxylic acids is 1. The number of rotatable bonds is 18. The second-order valence-electron chi connectivity index (χ2n) is 10.8. The molecule has 0 bridgehead atoms. The van der Waals surface area contributed by atoms with Crippen molar-refractivity contribution in [3.63, 3.8) is 0 Å². The van der Waals surface area contributed by atoms with Crippen LogP contribution in [0.4, 0.5) is 0 Å². The number of carboxylic acid groups (broad SMARTS) is 1. The molecule has 1 N–H and O–H groups in total. The summed E-state index contributed by atoms with van der Waals surface area (Å²) in [5.41, 5.74) is 0. The number of ketones is 1. The first-order chi connectivity index (χ1) is 19.1. The number of Topliss-reactive ketones (excluding diaryl/α,β-unsaturated/α-hetero) is 1. The van der Waals surface area contributed by atoms with Gasteiger partial charge in [0.05, 0.1) is 12.7 Å². The lowest BCUT2D eigenvalue weighted by Gasteiger charge is -2.27. The molecule has 2 aliphatic rings. The van der Waals surface area contributed by atoms with E-state index in [0.717, 1.165) is 38.5 Å². The fraction of sp³-hybridized carbons (Fsp3) is 0.767. The van der Waals surface area contributed by atoms with Gasteiger partial charge >= 0.3 is 11.9 Å². The number of unbranched alkanes of at least 4 members (excludes halogenated alkanes) is 5. The van der Waals surface area contributed by atoms with Gasteiger partial charge in [-0.25, -0.2) is 4.79 Å². The van der Waals surface area contributed by atoms with Crippen LogP contribution in [-0.4, -0.2) is 52.2 Å². The predicted molar refractivity (Wildman–Crippen MR) is 158 cm³/mol. The molecule has 7 nitrogen and oxygen atoms in total. The number of alkyl halides is 3. The molecule has 1 aliphatic heterocycles. The highest BCUT2D eigenvalue weighted by atomic mass is 35.6. The lowest BCUT2D eigenvalue weighted by atomic mass is 9.86. The Hall–Kier alpha value is -1.12. The van der Waals surface area contributed by atoms with Gasteiger partial charge < -0.3 is 19.3 Å². The van der Waals surface area contributed by atoms with Crippen molar-refractivity contribution in [3.05, 3.63) is 24.3 Å². The largest absolute Gasteiger partial charge is 0.481 e. The Labute approximate surface area is 253 Å². The Morgan fingerprint density at radius 2 is 1.90 bits per heavy atom. The van der Waals surface area contributed by atoms with E-state index in [0.29, 0.717) is 25.9 Å². The molecule has 40 heavy (non-hydrogen) atoms. The molecular formula is C30H45Cl3O7. The second-order valence-corrected chi connectivity index (χ2v) is 13.0. The molecule has 5 atom stereocenters. The summed E-state index contributed by atoms with van der Waals surface area (Å²) in [6, 6.07) is 0. The maximum absolute atomic E-state index is 13.1. The maximum Gasteiger partial charge on any atom is 0.358 e. The summed E-state index contributed by atoms with van der Waals surface area (Å²) in [4.78, 5) is 35.9. The van der Waals surface area contributed by atoms with Crippen LogP contribution in [0.15, 0.2) is 24.3 Å². The number of allylic oxidation sites excluding steroid dienone is 3. The number of hydrogen-bond acceptors (Lipinski definition) is 6. The van der Waals surface area contributed by atoms with Gasteiger partial charge in [-0.2, -0.15) is 0 Å². The monoisotopic (exact) mass is 622 g/mol. The first-order valence-electron chi connectivity index (χ1n) is 14.7. The Balaban J connectivity index is 2.13. The van der Waals surface area contributed by atoms with Crippen molar-refractivity contribution in [1.82, 2.24) is 0 Å². The fourth-order valence-corrected chi connectivity index (χ4v) is 5.42. The smallest absolute Gasteiger partial charge is 0.358 e. The van der Waals surface area contributed by atoms with Gasteiger partial charge in [0.25, 0.3) is 3.79 Å². The number of hydrogen-bond donors (Lipinski definition) is 1. The lowest BCUT2D eigenvalue weighted by Crippen LogP contribution is -2.28. The van der Waals surface area contributed by atoms with Crippen molar-refractivity contribution in [3.8, 4) is 0 Å². The molecule has 0 spiro atoms. The first kappa shape index (κ1) is 35.1. The number of ether oxygens (including phenoxy) is 3. The minimum atomic E-state index is -2.18. The highest BCUT2D eigenvalue weighted by Crippen LogP contribution is 2.39. The zero-order valence-corrected chi connectivity index (χ0v) is 25.8. The predicted octanol–water partition coefficient (Wildman–Crippen LogP) is 7.75.